The van der Waals surface area contributed by atoms with Crippen molar-refractivity contribution in [2.24, 2.45) is 0 Å². The lowest BCUT2D eigenvalue weighted by atomic mass is 10.1. The van der Waals surface area contributed by atoms with Crippen LogP contribution in [0.25, 0.3) is 0 Å². The van der Waals surface area contributed by atoms with E-state index in [1.807, 2.05) is 41.1 Å². The zero-order valence-electron chi connectivity index (χ0n) is 20.1. The number of hydrogen-bond donors (Lipinski definition) is 0. The van der Waals surface area contributed by atoms with Gasteiger partial charge in [-0.05, 0) is 37.6 Å². The highest BCUT2D eigenvalue weighted by Crippen LogP contribution is 2.26. The molecule has 2 heterocycles. The molecule has 10 heteroatoms. The molecule has 0 radical (unpaired) electrons. The van der Waals surface area contributed by atoms with Crippen molar-refractivity contribution in [3.8, 4) is 11.8 Å². The Morgan fingerprint density at radius 1 is 1.20 bits per heavy atom. The number of ketones is 1. The van der Waals surface area contributed by atoms with E-state index in [0.29, 0.717) is 10.2 Å². The monoisotopic (exact) mass is 575 g/mol. The predicted molar refractivity (Wildman–Crippen MR) is 143 cm³/mol. The molecular formula is C25H30BrN5O2S2. The molecule has 0 aliphatic carbocycles. The van der Waals surface area contributed by atoms with Crippen molar-refractivity contribution in [2.45, 2.75) is 76.6 Å². The fourth-order valence-corrected chi connectivity index (χ4v) is 5.49. The molecule has 0 fully saturated rings. The number of thiazole rings is 1. The predicted octanol–water partition coefficient (Wildman–Crippen LogP) is 6.71. The minimum absolute atomic E-state index is 0.138. The molecule has 1 unspecified atom stereocenters. The Morgan fingerprint density at radius 2 is 1.94 bits per heavy atom. The lowest BCUT2D eigenvalue weighted by Gasteiger charge is -2.11. The van der Waals surface area contributed by atoms with E-state index < -0.39 is 5.92 Å². The van der Waals surface area contributed by atoms with E-state index in [0.717, 1.165) is 41.1 Å². The van der Waals surface area contributed by atoms with Gasteiger partial charge in [-0.25, -0.2) is 4.98 Å². The van der Waals surface area contributed by atoms with Gasteiger partial charge in [0.15, 0.2) is 22.7 Å². The van der Waals surface area contributed by atoms with Crippen molar-refractivity contribution in [2.75, 3.05) is 5.75 Å². The zero-order chi connectivity index (χ0) is 25.0. The third kappa shape index (κ3) is 8.44. The van der Waals surface area contributed by atoms with Gasteiger partial charge in [-0.2, -0.15) is 5.26 Å². The third-order valence-electron chi connectivity index (χ3n) is 5.39. The summed E-state index contributed by atoms with van der Waals surface area (Å²) in [6, 6.07) is 9.76. The molecule has 0 aliphatic heterocycles. The second-order valence-electron chi connectivity index (χ2n) is 8.21. The molecule has 3 aromatic rings. The van der Waals surface area contributed by atoms with Crippen molar-refractivity contribution in [1.29, 1.82) is 5.26 Å². The first-order chi connectivity index (χ1) is 17.0. The molecule has 0 amide bonds. The quantitative estimate of drug-likeness (QED) is 0.147. The number of nitriles is 1. The van der Waals surface area contributed by atoms with Crippen molar-refractivity contribution in [3.63, 3.8) is 0 Å². The van der Waals surface area contributed by atoms with Gasteiger partial charge in [0.2, 0.25) is 0 Å². The standard InChI is InChI=1S/C25H30BrN5O2S2/c1-3-4-5-6-7-8-13-31-23(15-33-20-11-9-19(26)10-12-20)29-30-25(31)35-17-22(32)21(14-27)24-28-18(2)16-34-24/h9-12,16,21H,3-8,13,15,17H2,1-2H3. The van der Waals surface area contributed by atoms with Gasteiger partial charge in [0.1, 0.15) is 17.4 Å². The molecule has 0 aliphatic rings. The molecule has 0 bridgehead atoms. The average Bonchev–Trinajstić information content (AvgIpc) is 3.45. The minimum atomic E-state index is -0.851. The van der Waals surface area contributed by atoms with Crippen LogP contribution in [-0.2, 0) is 17.9 Å². The van der Waals surface area contributed by atoms with E-state index in [-0.39, 0.29) is 18.1 Å². The largest absolute Gasteiger partial charge is 0.486 e. The lowest BCUT2D eigenvalue weighted by Crippen LogP contribution is -2.14. The molecule has 7 nitrogen and oxygen atoms in total. The number of hydrogen-bond acceptors (Lipinski definition) is 8. The molecule has 2 aromatic heterocycles. The van der Waals surface area contributed by atoms with Crippen LogP contribution < -0.4 is 4.74 Å². The maximum atomic E-state index is 12.8. The van der Waals surface area contributed by atoms with Gasteiger partial charge in [-0.1, -0.05) is 66.7 Å². The second kappa shape index (κ2) is 14.4. The summed E-state index contributed by atoms with van der Waals surface area (Å²) in [4.78, 5) is 17.1. The summed E-state index contributed by atoms with van der Waals surface area (Å²) < 4.78 is 8.97. The van der Waals surface area contributed by atoms with Crippen molar-refractivity contribution >= 4 is 44.8 Å². The Morgan fingerprint density at radius 3 is 2.63 bits per heavy atom. The number of halogens is 1. The topological polar surface area (TPSA) is 93.7 Å². The zero-order valence-corrected chi connectivity index (χ0v) is 23.3. The van der Waals surface area contributed by atoms with Gasteiger partial charge in [-0.3, -0.25) is 4.79 Å². The number of ether oxygens (including phenoxy) is 1. The van der Waals surface area contributed by atoms with Crippen LogP contribution in [0.2, 0.25) is 0 Å². The number of Topliss-reactive ketones (excluding diaryl/α,β-unsaturated/α-hetero) is 1. The van der Waals surface area contributed by atoms with Gasteiger partial charge >= 0.3 is 0 Å². The van der Waals surface area contributed by atoms with Crippen molar-refractivity contribution < 1.29 is 9.53 Å². The Balaban J connectivity index is 1.65. The van der Waals surface area contributed by atoms with Crippen LogP contribution in [-0.4, -0.2) is 31.3 Å². The number of unbranched alkanes of at least 4 members (excludes halogenated alkanes) is 5. The summed E-state index contributed by atoms with van der Waals surface area (Å²) in [6.45, 7) is 5.13. The second-order valence-corrected chi connectivity index (χ2v) is 11.0. The summed E-state index contributed by atoms with van der Waals surface area (Å²) >= 11 is 6.10. The van der Waals surface area contributed by atoms with Crippen LogP contribution in [0.15, 0.2) is 39.3 Å². The van der Waals surface area contributed by atoms with E-state index in [1.165, 1.54) is 48.8 Å². The van der Waals surface area contributed by atoms with Gasteiger partial charge in [0.25, 0.3) is 0 Å². The van der Waals surface area contributed by atoms with Crippen LogP contribution >= 0.6 is 39.0 Å². The molecular weight excluding hydrogens is 546 g/mol. The van der Waals surface area contributed by atoms with Crippen LogP contribution in [0.5, 0.6) is 5.75 Å². The Labute approximate surface area is 223 Å². The fraction of sp³-hybridized carbons (Fsp3) is 0.480. The van der Waals surface area contributed by atoms with E-state index in [4.69, 9.17) is 4.74 Å². The Kier molecular flexibility index (Phi) is 11.2. The summed E-state index contributed by atoms with van der Waals surface area (Å²) in [5.41, 5.74) is 0.819. The average molecular weight is 577 g/mol. The summed E-state index contributed by atoms with van der Waals surface area (Å²) in [5.74, 6) is 0.593. The molecule has 0 N–H and O–H groups in total. The summed E-state index contributed by atoms with van der Waals surface area (Å²) in [6.07, 6.45) is 7.09. The van der Waals surface area contributed by atoms with Crippen molar-refractivity contribution in [1.82, 2.24) is 19.7 Å². The van der Waals surface area contributed by atoms with E-state index in [9.17, 15) is 10.1 Å². The Bertz CT molecular complexity index is 1120. The fourth-order valence-electron chi connectivity index (χ4n) is 3.47. The van der Waals surface area contributed by atoms with Crippen LogP contribution in [0.3, 0.4) is 0 Å². The minimum Gasteiger partial charge on any atom is -0.486 e. The lowest BCUT2D eigenvalue weighted by molar-refractivity contribution is -0.116. The number of thioether (sulfide) groups is 1. The van der Waals surface area contributed by atoms with Gasteiger partial charge in [0.05, 0.1) is 11.8 Å². The first kappa shape index (κ1) is 27.4. The number of nitrogens with zero attached hydrogens (tertiary/aromatic N) is 5. The van der Waals surface area contributed by atoms with E-state index in [1.54, 1.807) is 0 Å². The van der Waals surface area contributed by atoms with Crippen LogP contribution in [0, 0.1) is 18.3 Å². The third-order valence-corrected chi connectivity index (χ3v) is 7.93. The normalized spacial score (nSPS) is 11.8. The van der Waals surface area contributed by atoms with E-state index in [2.05, 4.69) is 44.1 Å². The molecule has 3 rings (SSSR count). The van der Waals surface area contributed by atoms with Crippen LogP contribution in [0.4, 0.5) is 0 Å². The van der Waals surface area contributed by atoms with Gasteiger partial charge in [-0.15, -0.1) is 21.5 Å². The molecule has 1 atom stereocenters. The molecule has 0 saturated carbocycles. The van der Waals surface area contributed by atoms with Gasteiger partial charge < -0.3 is 9.30 Å². The number of aryl methyl sites for hydroxylation is 1. The number of benzene rings is 1. The number of carbonyl (C=O) groups excluding carboxylic acids is 1. The first-order valence-corrected chi connectivity index (χ1v) is 14.4. The highest BCUT2D eigenvalue weighted by atomic mass is 79.9. The highest BCUT2D eigenvalue weighted by Gasteiger charge is 2.24. The molecule has 1 aromatic carbocycles. The SMILES string of the molecule is CCCCCCCCn1c(COc2ccc(Br)cc2)nnc1SCC(=O)C(C#N)c1nc(C)cs1. The highest BCUT2D eigenvalue weighted by molar-refractivity contribution is 9.10. The Hall–Kier alpha value is -2.22. The number of carbonyl (C=O) groups is 1. The van der Waals surface area contributed by atoms with Crippen LogP contribution in [0.1, 0.15) is 67.9 Å². The molecule has 0 saturated heterocycles. The first-order valence-electron chi connectivity index (χ1n) is 11.8. The maximum absolute atomic E-state index is 12.8. The molecule has 186 valence electrons. The number of aromatic nitrogens is 4. The molecule has 35 heavy (non-hydrogen) atoms. The molecule has 0 spiro atoms. The maximum Gasteiger partial charge on any atom is 0.191 e. The summed E-state index contributed by atoms with van der Waals surface area (Å²) in [5, 5.41) is 21.3. The van der Waals surface area contributed by atoms with Crippen molar-refractivity contribution in [3.05, 3.63) is 50.6 Å². The smallest absolute Gasteiger partial charge is 0.191 e. The van der Waals surface area contributed by atoms with Gasteiger partial charge in [0, 0.05) is 22.1 Å². The summed E-state index contributed by atoms with van der Waals surface area (Å²) in [7, 11) is 0. The van der Waals surface area contributed by atoms with E-state index >= 15 is 0 Å². The number of rotatable bonds is 15.